The quantitative estimate of drug-likeness (QED) is 0.810. The molecule has 4 heterocycles. The van der Waals surface area contributed by atoms with E-state index in [1.165, 1.54) is 0 Å². The highest BCUT2D eigenvalue weighted by atomic mass is 16.5. The van der Waals surface area contributed by atoms with E-state index in [-0.39, 0.29) is 17.6 Å². The van der Waals surface area contributed by atoms with E-state index in [4.69, 9.17) is 9.26 Å². The molecule has 9 nitrogen and oxygen atoms in total. The molecule has 1 N–H and O–H groups in total. The van der Waals surface area contributed by atoms with Gasteiger partial charge in [-0.15, -0.1) is 0 Å². The number of amidine groups is 1. The van der Waals surface area contributed by atoms with Gasteiger partial charge in [-0.2, -0.15) is 0 Å². The van der Waals surface area contributed by atoms with Crippen molar-refractivity contribution in [3.05, 3.63) is 11.8 Å². The Balaban J connectivity index is 1.41. The predicted octanol–water partition coefficient (Wildman–Crippen LogP) is 0.0342. The van der Waals surface area contributed by atoms with Crippen LogP contribution in [-0.2, 0) is 9.53 Å². The molecule has 4 rings (SSSR count). The van der Waals surface area contributed by atoms with Crippen LogP contribution in [0.5, 0.6) is 0 Å². The number of likely N-dealkylation sites (tertiary alicyclic amines) is 1. The van der Waals surface area contributed by atoms with Crippen LogP contribution in [0.25, 0.3) is 0 Å². The first-order valence-corrected chi connectivity index (χ1v) is 8.54. The molecule has 0 saturated carbocycles. The van der Waals surface area contributed by atoms with Gasteiger partial charge in [-0.1, -0.05) is 5.16 Å². The Kier molecular flexibility index (Phi) is 3.95. The topological polar surface area (TPSA) is 100 Å². The van der Waals surface area contributed by atoms with Crippen LogP contribution in [-0.4, -0.2) is 72.6 Å². The van der Waals surface area contributed by atoms with Gasteiger partial charge in [-0.05, 0) is 19.8 Å². The third-order valence-electron chi connectivity index (χ3n) is 5.02. The van der Waals surface area contributed by atoms with Crippen LogP contribution in [0, 0.1) is 0 Å². The van der Waals surface area contributed by atoms with Crippen molar-refractivity contribution in [2.75, 3.05) is 44.3 Å². The Bertz CT molecular complexity index is 714. The lowest BCUT2D eigenvalue weighted by atomic mass is 9.88. The van der Waals surface area contributed by atoms with Gasteiger partial charge >= 0.3 is 0 Å². The van der Waals surface area contributed by atoms with Crippen LogP contribution in [0.3, 0.4) is 0 Å². The second-order valence-electron chi connectivity index (χ2n) is 6.62. The number of carbonyl (C=O) groups is 2. The monoisotopic (exact) mass is 347 g/mol. The number of amides is 2. The number of aliphatic imine (C=N–C) groups is 1. The van der Waals surface area contributed by atoms with E-state index in [0.29, 0.717) is 50.8 Å². The fraction of sp³-hybridized carbons (Fsp3) is 0.625. The smallest absolute Gasteiger partial charge is 0.292 e. The van der Waals surface area contributed by atoms with E-state index in [2.05, 4.69) is 15.5 Å². The molecule has 0 atom stereocenters. The van der Waals surface area contributed by atoms with E-state index < -0.39 is 5.54 Å². The molecule has 3 aliphatic heterocycles. The third-order valence-corrected chi connectivity index (χ3v) is 5.02. The minimum absolute atomic E-state index is 0.0635. The van der Waals surface area contributed by atoms with Crippen LogP contribution in [0.2, 0.25) is 0 Å². The lowest BCUT2D eigenvalue weighted by molar-refractivity contribution is -0.125. The van der Waals surface area contributed by atoms with Crippen molar-refractivity contribution in [3.63, 3.8) is 0 Å². The van der Waals surface area contributed by atoms with Gasteiger partial charge in [-0.3, -0.25) is 14.6 Å². The summed E-state index contributed by atoms with van der Waals surface area (Å²) in [5, 5.41) is 6.77. The number of anilines is 1. The van der Waals surface area contributed by atoms with Crippen LogP contribution in [0.4, 0.5) is 5.82 Å². The first kappa shape index (κ1) is 16.1. The van der Waals surface area contributed by atoms with Crippen molar-refractivity contribution >= 4 is 23.5 Å². The highest BCUT2D eigenvalue weighted by Crippen LogP contribution is 2.30. The zero-order valence-electron chi connectivity index (χ0n) is 14.2. The molecule has 0 bridgehead atoms. The molecular weight excluding hydrogens is 326 g/mol. The summed E-state index contributed by atoms with van der Waals surface area (Å²) in [6, 6.07) is 1.68. The number of nitrogens with one attached hydrogen (secondary N) is 1. The summed E-state index contributed by atoms with van der Waals surface area (Å²) in [5.41, 5.74) is -0.707. The maximum absolute atomic E-state index is 12.7. The third kappa shape index (κ3) is 2.88. The minimum atomic E-state index is -0.707. The van der Waals surface area contributed by atoms with Crippen LogP contribution >= 0.6 is 0 Å². The minimum Gasteiger partial charge on any atom is -0.378 e. The summed E-state index contributed by atoms with van der Waals surface area (Å²) in [5.74, 6) is 1.28. The van der Waals surface area contributed by atoms with Gasteiger partial charge < -0.3 is 24.4 Å². The number of hydrogen-bond acceptors (Lipinski definition) is 7. The fourth-order valence-corrected chi connectivity index (χ4v) is 3.56. The SMILES string of the molecule is CC1=NC2(CCN(C(=O)c3cc(N4CCOCC4)no3)CC2)C(=O)N1. The number of hydrogen-bond donors (Lipinski definition) is 1. The number of morpholine rings is 1. The second-order valence-corrected chi connectivity index (χ2v) is 6.62. The van der Waals surface area contributed by atoms with Gasteiger partial charge in [0.1, 0.15) is 11.4 Å². The normalized spacial score (nSPS) is 22.9. The first-order valence-electron chi connectivity index (χ1n) is 8.54. The number of piperidine rings is 1. The summed E-state index contributed by atoms with van der Waals surface area (Å²) in [6.45, 7) is 5.48. The average molecular weight is 347 g/mol. The van der Waals surface area contributed by atoms with Crippen LogP contribution in [0.1, 0.15) is 30.3 Å². The Morgan fingerprint density at radius 3 is 2.60 bits per heavy atom. The van der Waals surface area contributed by atoms with Gasteiger partial charge in [0.25, 0.3) is 11.8 Å². The molecule has 3 aliphatic rings. The predicted molar refractivity (Wildman–Crippen MR) is 88.7 cm³/mol. The van der Waals surface area contributed by atoms with Gasteiger partial charge in [0.15, 0.2) is 5.82 Å². The Morgan fingerprint density at radius 1 is 1.24 bits per heavy atom. The van der Waals surface area contributed by atoms with Crippen molar-refractivity contribution in [1.29, 1.82) is 0 Å². The second kappa shape index (κ2) is 6.14. The number of rotatable bonds is 2. The summed E-state index contributed by atoms with van der Waals surface area (Å²) in [7, 11) is 0. The molecule has 2 fully saturated rings. The molecule has 0 aliphatic carbocycles. The van der Waals surface area contributed by atoms with E-state index in [1.54, 1.807) is 17.9 Å². The molecule has 1 spiro atoms. The average Bonchev–Trinajstić information content (AvgIpc) is 3.21. The standard InChI is InChI=1S/C16H21N5O4/c1-11-17-15(23)16(18-11)2-4-21(5-3-16)14(22)12-10-13(19-25-12)20-6-8-24-9-7-20/h10H,2-9H2,1H3,(H,17,18,23). The maximum atomic E-state index is 12.7. The van der Waals surface area contributed by atoms with E-state index >= 15 is 0 Å². The highest BCUT2D eigenvalue weighted by molar-refractivity contribution is 6.07. The van der Waals surface area contributed by atoms with E-state index in [0.717, 1.165) is 13.1 Å². The molecular formula is C16H21N5O4. The van der Waals surface area contributed by atoms with Crippen molar-refractivity contribution in [3.8, 4) is 0 Å². The van der Waals surface area contributed by atoms with Gasteiger partial charge in [-0.25, -0.2) is 0 Å². The zero-order chi connectivity index (χ0) is 17.4. The largest absolute Gasteiger partial charge is 0.378 e. The van der Waals surface area contributed by atoms with Crippen LogP contribution < -0.4 is 10.2 Å². The van der Waals surface area contributed by atoms with Gasteiger partial charge in [0.05, 0.1) is 13.2 Å². The maximum Gasteiger partial charge on any atom is 0.292 e. The molecule has 134 valence electrons. The summed E-state index contributed by atoms with van der Waals surface area (Å²) in [6.07, 6.45) is 1.04. The van der Waals surface area contributed by atoms with Crippen molar-refractivity contribution in [2.45, 2.75) is 25.3 Å². The van der Waals surface area contributed by atoms with E-state index in [9.17, 15) is 9.59 Å². The zero-order valence-corrected chi connectivity index (χ0v) is 14.2. The number of carbonyl (C=O) groups excluding carboxylic acids is 2. The van der Waals surface area contributed by atoms with Gasteiger partial charge in [0, 0.05) is 32.2 Å². The molecule has 25 heavy (non-hydrogen) atoms. The Hall–Kier alpha value is -2.42. The lowest BCUT2D eigenvalue weighted by Gasteiger charge is -2.34. The van der Waals surface area contributed by atoms with E-state index in [1.807, 2.05) is 4.90 Å². The molecule has 1 aromatic heterocycles. The molecule has 2 saturated heterocycles. The number of nitrogens with zero attached hydrogens (tertiary/aromatic N) is 4. The molecule has 0 unspecified atom stereocenters. The first-order chi connectivity index (χ1) is 12.1. The number of aromatic nitrogens is 1. The van der Waals surface area contributed by atoms with Gasteiger partial charge in [0.2, 0.25) is 5.76 Å². The fourth-order valence-electron chi connectivity index (χ4n) is 3.56. The highest BCUT2D eigenvalue weighted by Gasteiger charge is 2.45. The Morgan fingerprint density at radius 2 is 1.96 bits per heavy atom. The molecule has 0 radical (unpaired) electrons. The lowest BCUT2D eigenvalue weighted by Crippen LogP contribution is -2.50. The Labute approximate surface area is 145 Å². The molecule has 0 aromatic carbocycles. The van der Waals surface area contributed by atoms with Crippen molar-refractivity contribution < 1.29 is 18.8 Å². The summed E-state index contributed by atoms with van der Waals surface area (Å²) >= 11 is 0. The molecule has 1 aromatic rings. The van der Waals surface area contributed by atoms with Crippen molar-refractivity contribution in [1.82, 2.24) is 15.4 Å². The summed E-state index contributed by atoms with van der Waals surface area (Å²) in [4.78, 5) is 33.0. The van der Waals surface area contributed by atoms with Crippen molar-refractivity contribution in [2.24, 2.45) is 4.99 Å². The molecule has 9 heteroatoms. The van der Waals surface area contributed by atoms with Crippen LogP contribution in [0.15, 0.2) is 15.6 Å². The molecule has 2 amide bonds. The summed E-state index contributed by atoms with van der Waals surface area (Å²) < 4.78 is 10.6. The number of ether oxygens (including phenoxy) is 1.